The van der Waals surface area contributed by atoms with Gasteiger partial charge in [-0.15, -0.1) is 11.3 Å². The number of hydrogen-bond donors (Lipinski definition) is 1. The van der Waals surface area contributed by atoms with E-state index in [0.29, 0.717) is 0 Å². The molecule has 1 aromatic heterocycles. The number of aryl methyl sites for hydroxylation is 1. The molecule has 102 valence electrons. The van der Waals surface area contributed by atoms with E-state index in [2.05, 4.69) is 25.1 Å². The molecule has 19 heavy (non-hydrogen) atoms. The predicted molar refractivity (Wildman–Crippen MR) is 82.8 cm³/mol. The van der Waals surface area contributed by atoms with Crippen LogP contribution in [0.2, 0.25) is 0 Å². The van der Waals surface area contributed by atoms with Crippen LogP contribution in [-0.4, -0.2) is 11.5 Å². The molecule has 0 radical (unpaired) electrons. The van der Waals surface area contributed by atoms with Crippen LogP contribution < -0.4 is 5.73 Å². The van der Waals surface area contributed by atoms with Gasteiger partial charge in [0, 0.05) is 12.0 Å². The molecule has 0 unspecified atom stereocenters. The van der Waals surface area contributed by atoms with E-state index in [9.17, 15) is 0 Å². The van der Waals surface area contributed by atoms with Crippen LogP contribution in [0.25, 0.3) is 10.2 Å². The van der Waals surface area contributed by atoms with Crippen LogP contribution >= 0.6 is 11.3 Å². The van der Waals surface area contributed by atoms with Crippen molar-refractivity contribution in [3.8, 4) is 0 Å². The third-order valence-electron chi connectivity index (χ3n) is 4.53. The first-order chi connectivity index (χ1) is 9.25. The highest BCUT2D eigenvalue weighted by atomic mass is 32.1. The molecule has 1 saturated carbocycles. The van der Waals surface area contributed by atoms with Gasteiger partial charge in [-0.25, -0.2) is 4.98 Å². The lowest BCUT2D eigenvalue weighted by atomic mass is 9.81. The van der Waals surface area contributed by atoms with Crippen molar-refractivity contribution in [1.82, 2.24) is 4.98 Å². The van der Waals surface area contributed by atoms with Crippen molar-refractivity contribution in [2.45, 2.75) is 50.9 Å². The second-order valence-corrected chi connectivity index (χ2v) is 6.87. The summed E-state index contributed by atoms with van der Waals surface area (Å²) in [5, 5.41) is 1.28. The van der Waals surface area contributed by atoms with Crippen LogP contribution in [0.3, 0.4) is 0 Å². The molecule has 0 aliphatic heterocycles. The Morgan fingerprint density at radius 2 is 1.95 bits per heavy atom. The Balaban J connectivity index is 2.07. The maximum absolute atomic E-state index is 6.17. The quantitative estimate of drug-likeness (QED) is 0.835. The lowest BCUT2D eigenvalue weighted by molar-refractivity contribution is 0.380. The smallest absolute Gasteiger partial charge is 0.101 e. The van der Waals surface area contributed by atoms with Gasteiger partial charge < -0.3 is 5.73 Å². The number of aromatic nitrogens is 1. The largest absolute Gasteiger partial charge is 0.329 e. The van der Waals surface area contributed by atoms with Crippen molar-refractivity contribution in [3.63, 3.8) is 0 Å². The molecule has 2 N–H and O–H groups in total. The van der Waals surface area contributed by atoms with Gasteiger partial charge in [0.25, 0.3) is 0 Å². The number of thiazole rings is 1. The summed E-state index contributed by atoms with van der Waals surface area (Å²) in [6.45, 7) is 2.89. The van der Waals surface area contributed by atoms with Gasteiger partial charge in [0.15, 0.2) is 0 Å². The highest BCUT2D eigenvalue weighted by molar-refractivity contribution is 7.18. The molecule has 1 aromatic carbocycles. The summed E-state index contributed by atoms with van der Waals surface area (Å²) < 4.78 is 1.31. The van der Waals surface area contributed by atoms with Gasteiger partial charge in [-0.05, 0) is 31.4 Å². The normalized spacial score (nSPS) is 19.5. The third-order valence-corrected chi connectivity index (χ3v) is 5.79. The highest BCUT2D eigenvalue weighted by Gasteiger charge is 2.34. The summed E-state index contributed by atoms with van der Waals surface area (Å²) in [6, 6.07) is 6.46. The van der Waals surface area contributed by atoms with E-state index in [1.165, 1.54) is 59.3 Å². The second-order valence-electron chi connectivity index (χ2n) is 5.84. The molecule has 0 bridgehead atoms. The summed E-state index contributed by atoms with van der Waals surface area (Å²) in [5.41, 5.74) is 8.77. The molecule has 1 fully saturated rings. The number of nitrogens with zero attached hydrogens (tertiary/aromatic N) is 1. The molecule has 1 aliphatic rings. The van der Waals surface area contributed by atoms with Crippen LogP contribution in [-0.2, 0) is 5.41 Å². The molecule has 3 rings (SSSR count). The van der Waals surface area contributed by atoms with E-state index in [-0.39, 0.29) is 5.41 Å². The number of rotatable bonds is 2. The Morgan fingerprint density at radius 1 is 1.21 bits per heavy atom. The van der Waals surface area contributed by atoms with Gasteiger partial charge in [-0.2, -0.15) is 0 Å². The third kappa shape index (κ3) is 2.30. The van der Waals surface area contributed by atoms with E-state index in [1.807, 2.05) is 11.3 Å². The standard InChI is InChI=1S/C16H22N2S/c1-12-7-6-8-13-14(12)18-15(19-13)16(11-17)9-4-2-3-5-10-16/h6-8H,2-5,9-11,17H2,1H3. The second kappa shape index (κ2) is 5.22. The molecule has 0 atom stereocenters. The molecular formula is C16H22N2S. The van der Waals surface area contributed by atoms with Gasteiger partial charge in [0.05, 0.1) is 10.2 Å². The number of fused-ring (bicyclic) bond motifs is 1. The van der Waals surface area contributed by atoms with Crippen molar-refractivity contribution >= 4 is 21.6 Å². The van der Waals surface area contributed by atoms with E-state index < -0.39 is 0 Å². The van der Waals surface area contributed by atoms with Crippen molar-refractivity contribution < 1.29 is 0 Å². The average Bonchev–Trinajstić information content (AvgIpc) is 2.72. The number of hydrogen-bond acceptors (Lipinski definition) is 3. The Labute approximate surface area is 119 Å². The van der Waals surface area contributed by atoms with E-state index in [0.717, 1.165) is 6.54 Å². The fraction of sp³-hybridized carbons (Fsp3) is 0.562. The molecule has 0 spiro atoms. The Morgan fingerprint density at radius 3 is 2.58 bits per heavy atom. The van der Waals surface area contributed by atoms with E-state index in [1.54, 1.807) is 0 Å². The van der Waals surface area contributed by atoms with Gasteiger partial charge in [-0.3, -0.25) is 0 Å². The highest BCUT2D eigenvalue weighted by Crippen LogP contribution is 2.41. The monoisotopic (exact) mass is 274 g/mol. The van der Waals surface area contributed by atoms with Crippen LogP contribution in [0.4, 0.5) is 0 Å². The van der Waals surface area contributed by atoms with Crippen LogP contribution in [0.15, 0.2) is 18.2 Å². The SMILES string of the molecule is Cc1cccc2sc(C3(CN)CCCCCC3)nc12. The van der Waals surface area contributed by atoms with Crippen LogP contribution in [0.1, 0.15) is 49.1 Å². The van der Waals surface area contributed by atoms with Gasteiger partial charge in [0.1, 0.15) is 5.01 Å². The zero-order chi connectivity index (χ0) is 13.3. The first-order valence-corrected chi connectivity index (χ1v) is 8.13. The summed E-state index contributed by atoms with van der Waals surface area (Å²) in [5.74, 6) is 0. The summed E-state index contributed by atoms with van der Waals surface area (Å²) in [6.07, 6.45) is 7.72. The zero-order valence-corrected chi connectivity index (χ0v) is 12.4. The van der Waals surface area contributed by atoms with Gasteiger partial charge >= 0.3 is 0 Å². The molecule has 0 amide bonds. The van der Waals surface area contributed by atoms with Gasteiger partial charge in [-0.1, -0.05) is 37.8 Å². The topological polar surface area (TPSA) is 38.9 Å². The first kappa shape index (κ1) is 13.1. The number of benzene rings is 1. The first-order valence-electron chi connectivity index (χ1n) is 7.32. The van der Waals surface area contributed by atoms with Gasteiger partial charge in [0.2, 0.25) is 0 Å². The van der Waals surface area contributed by atoms with E-state index >= 15 is 0 Å². The summed E-state index contributed by atoms with van der Waals surface area (Å²) in [4.78, 5) is 4.96. The minimum absolute atomic E-state index is 0.145. The molecule has 3 heteroatoms. The molecule has 1 aliphatic carbocycles. The predicted octanol–water partition coefficient (Wildman–Crippen LogP) is 4.16. The van der Waals surface area contributed by atoms with Crippen molar-refractivity contribution in [2.75, 3.05) is 6.54 Å². The molecule has 2 aromatic rings. The fourth-order valence-corrected chi connectivity index (χ4v) is 4.52. The van der Waals surface area contributed by atoms with Crippen molar-refractivity contribution in [1.29, 1.82) is 0 Å². The lowest BCUT2D eigenvalue weighted by Gasteiger charge is -2.28. The Kier molecular flexibility index (Phi) is 3.59. The zero-order valence-electron chi connectivity index (χ0n) is 11.6. The molecular weight excluding hydrogens is 252 g/mol. The van der Waals surface area contributed by atoms with Crippen molar-refractivity contribution in [2.24, 2.45) is 5.73 Å². The maximum Gasteiger partial charge on any atom is 0.101 e. The van der Waals surface area contributed by atoms with Crippen LogP contribution in [0, 0.1) is 6.92 Å². The minimum atomic E-state index is 0.145. The minimum Gasteiger partial charge on any atom is -0.329 e. The molecule has 1 heterocycles. The Bertz CT molecular complexity index is 565. The molecule has 0 saturated heterocycles. The van der Waals surface area contributed by atoms with E-state index in [4.69, 9.17) is 10.7 Å². The number of nitrogens with two attached hydrogens (primary N) is 1. The van der Waals surface area contributed by atoms with Crippen LogP contribution in [0.5, 0.6) is 0 Å². The van der Waals surface area contributed by atoms with Crippen molar-refractivity contribution in [3.05, 3.63) is 28.8 Å². The lowest BCUT2D eigenvalue weighted by Crippen LogP contribution is -2.34. The summed E-state index contributed by atoms with van der Waals surface area (Å²) >= 11 is 1.86. The Hall–Kier alpha value is -0.930. The average molecular weight is 274 g/mol. The number of para-hydroxylation sites is 1. The molecule has 2 nitrogen and oxygen atoms in total. The summed E-state index contributed by atoms with van der Waals surface area (Å²) in [7, 11) is 0. The maximum atomic E-state index is 6.17. The fourth-order valence-electron chi connectivity index (χ4n) is 3.22.